The van der Waals surface area contributed by atoms with Crippen LogP contribution in [-0.4, -0.2) is 35.1 Å². The van der Waals surface area contributed by atoms with Crippen molar-refractivity contribution in [3.8, 4) is 11.8 Å². The Morgan fingerprint density at radius 3 is 3.05 bits per heavy atom. The molecule has 0 saturated heterocycles. The van der Waals surface area contributed by atoms with Gasteiger partial charge in [0.1, 0.15) is 6.61 Å². The van der Waals surface area contributed by atoms with Crippen molar-refractivity contribution >= 4 is 17.3 Å². The lowest BCUT2D eigenvalue weighted by Crippen LogP contribution is -2.21. The average Bonchev–Trinajstić information content (AvgIpc) is 2.92. The molecule has 0 fully saturated rings. The van der Waals surface area contributed by atoms with Gasteiger partial charge in [-0.15, -0.1) is 0 Å². The monoisotopic (exact) mass is 287 g/mol. The van der Waals surface area contributed by atoms with Crippen LogP contribution in [0, 0.1) is 11.8 Å². The van der Waals surface area contributed by atoms with Gasteiger partial charge in [0.05, 0.1) is 5.69 Å². The number of aromatic nitrogens is 2. The second-order valence-corrected chi connectivity index (χ2v) is 3.86. The van der Waals surface area contributed by atoms with E-state index >= 15 is 0 Å². The number of nitrogens with one attached hydrogen (secondary N) is 1. The molecule has 0 amide bonds. The van der Waals surface area contributed by atoms with E-state index in [1.165, 1.54) is 0 Å². The predicted molar refractivity (Wildman–Crippen MR) is 75.0 cm³/mol. The fourth-order valence-corrected chi connectivity index (χ4v) is 1.48. The molecular weight excluding hydrogens is 274 g/mol. The van der Waals surface area contributed by atoms with Gasteiger partial charge in [0.25, 0.3) is 0 Å². The Hall–Kier alpha value is -2.89. The number of hydrogen-bond acceptors (Lipinski definition) is 7. The third-order valence-electron chi connectivity index (χ3n) is 2.38. The van der Waals surface area contributed by atoms with Crippen LogP contribution in [0.3, 0.4) is 0 Å². The van der Waals surface area contributed by atoms with Crippen LogP contribution >= 0.6 is 0 Å². The lowest BCUT2D eigenvalue weighted by Gasteiger charge is -2.01. The smallest absolute Gasteiger partial charge is 0.199 e. The number of hydroxylamine groups is 1. The Labute approximate surface area is 120 Å². The first-order chi connectivity index (χ1) is 10.2. The molecule has 0 bridgehead atoms. The van der Waals surface area contributed by atoms with Crippen LogP contribution in [0.1, 0.15) is 11.3 Å². The topological polar surface area (TPSA) is 119 Å². The maximum atomic E-state index is 9.14. The molecule has 8 nitrogen and oxygen atoms in total. The number of nitrogen functional groups attached to an aromatic ring is 1. The standard InChI is InChI=1S/C13H13N5O3/c1-20-7-3-5-9-4-2-6-10(8-9)15-13(16-19)11-12(14)18-21-17-11/h2,4,6,8,19H,7H2,1H3,(H2,14,18)(H,15,16). The lowest BCUT2D eigenvalue weighted by molar-refractivity contribution is 0.234. The van der Waals surface area contributed by atoms with E-state index in [2.05, 4.69) is 31.8 Å². The summed E-state index contributed by atoms with van der Waals surface area (Å²) >= 11 is 0. The molecule has 21 heavy (non-hydrogen) atoms. The maximum Gasteiger partial charge on any atom is 0.199 e. The Balaban J connectivity index is 2.29. The van der Waals surface area contributed by atoms with Gasteiger partial charge < -0.3 is 10.5 Å². The first kappa shape index (κ1) is 14.5. The van der Waals surface area contributed by atoms with Crippen molar-refractivity contribution in [2.45, 2.75) is 0 Å². The van der Waals surface area contributed by atoms with Gasteiger partial charge in [-0.05, 0) is 28.5 Å². The molecule has 2 aromatic rings. The molecule has 0 spiro atoms. The molecule has 0 radical (unpaired) electrons. The molecule has 2 rings (SSSR count). The average molecular weight is 287 g/mol. The molecular formula is C13H13N5O3. The van der Waals surface area contributed by atoms with Gasteiger partial charge in [-0.25, -0.2) is 9.62 Å². The minimum Gasteiger partial charge on any atom is -0.379 e. The third kappa shape index (κ3) is 3.79. The fourth-order valence-electron chi connectivity index (χ4n) is 1.48. The number of amidine groups is 1. The van der Waals surface area contributed by atoms with Gasteiger partial charge in [0, 0.05) is 12.7 Å². The number of hydrogen-bond donors (Lipinski definition) is 3. The summed E-state index contributed by atoms with van der Waals surface area (Å²) in [5.74, 6) is 5.81. The lowest BCUT2D eigenvalue weighted by atomic mass is 10.2. The first-order valence-electron chi connectivity index (χ1n) is 5.89. The van der Waals surface area contributed by atoms with Gasteiger partial charge in [-0.2, -0.15) is 0 Å². The normalized spacial score (nSPS) is 10.9. The number of methoxy groups -OCH3 is 1. The molecule has 4 N–H and O–H groups in total. The van der Waals surface area contributed by atoms with E-state index in [0.717, 1.165) is 5.56 Å². The zero-order valence-electron chi connectivity index (χ0n) is 11.2. The molecule has 1 aromatic carbocycles. The number of nitrogens with two attached hydrogens (primary N) is 1. The number of aliphatic imine (C=N–C) groups is 1. The van der Waals surface area contributed by atoms with E-state index in [4.69, 9.17) is 15.7 Å². The molecule has 8 heteroatoms. The molecule has 1 heterocycles. The van der Waals surface area contributed by atoms with Crippen molar-refractivity contribution < 1.29 is 14.6 Å². The highest BCUT2D eigenvalue weighted by Crippen LogP contribution is 2.16. The molecule has 0 unspecified atom stereocenters. The van der Waals surface area contributed by atoms with E-state index < -0.39 is 0 Å². The predicted octanol–water partition coefficient (Wildman–Crippen LogP) is 0.707. The van der Waals surface area contributed by atoms with E-state index in [0.29, 0.717) is 12.3 Å². The minimum absolute atomic E-state index is 0.0198. The van der Waals surface area contributed by atoms with E-state index in [1.54, 1.807) is 25.3 Å². The summed E-state index contributed by atoms with van der Waals surface area (Å²) in [5.41, 5.74) is 8.90. The van der Waals surface area contributed by atoms with Crippen LogP contribution < -0.4 is 11.2 Å². The van der Waals surface area contributed by atoms with Crippen molar-refractivity contribution in [1.82, 2.24) is 15.8 Å². The molecule has 0 aliphatic rings. The van der Waals surface area contributed by atoms with Crippen LogP contribution in [-0.2, 0) is 4.74 Å². The maximum absolute atomic E-state index is 9.14. The zero-order valence-corrected chi connectivity index (χ0v) is 11.2. The summed E-state index contributed by atoms with van der Waals surface area (Å²) in [7, 11) is 1.57. The van der Waals surface area contributed by atoms with Crippen molar-refractivity contribution in [2.75, 3.05) is 19.5 Å². The fraction of sp³-hybridized carbons (Fsp3) is 0.154. The highest BCUT2D eigenvalue weighted by molar-refractivity contribution is 6.01. The Morgan fingerprint density at radius 1 is 1.52 bits per heavy atom. The SMILES string of the molecule is COCC#Cc1cccc(N=C(NO)c2nonc2N)c1. The summed E-state index contributed by atoms with van der Waals surface area (Å²) in [6.45, 7) is 0.345. The summed E-state index contributed by atoms with van der Waals surface area (Å²) in [6, 6.07) is 7.10. The summed E-state index contributed by atoms with van der Waals surface area (Å²) in [4.78, 5) is 4.18. The van der Waals surface area contributed by atoms with Crippen molar-refractivity contribution in [1.29, 1.82) is 0 Å². The second-order valence-electron chi connectivity index (χ2n) is 3.86. The van der Waals surface area contributed by atoms with Gasteiger partial charge in [0.2, 0.25) is 0 Å². The van der Waals surface area contributed by atoms with E-state index in [-0.39, 0.29) is 17.3 Å². The highest BCUT2D eigenvalue weighted by Gasteiger charge is 2.13. The van der Waals surface area contributed by atoms with Gasteiger partial charge in [-0.1, -0.05) is 17.9 Å². The molecule has 1 aromatic heterocycles. The Kier molecular flexibility index (Phi) is 4.87. The summed E-state index contributed by atoms with van der Waals surface area (Å²) in [6.07, 6.45) is 0. The quantitative estimate of drug-likeness (QED) is 0.329. The van der Waals surface area contributed by atoms with Crippen LogP contribution in [0.4, 0.5) is 11.5 Å². The first-order valence-corrected chi connectivity index (χ1v) is 5.89. The largest absolute Gasteiger partial charge is 0.379 e. The van der Waals surface area contributed by atoms with Crippen LogP contribution in [0.25, 0.3) is 0 Å². The third-order valence-corrected chi connectivity index (χ3v) is 2.38. The second kappa shape index (κ2) is 7.04. The van der Waals surface area contributed by atoms with Gasteiger partial charge in [0.15, 0.2) is 17.3 Å². The molecule has 0 atom stereocenters. The summed E-state index contributed by atoms with van der Waals surface area (Å²) < 4.78 is 9.32. The number of rotatable bonds is 3. The van der Waals surface area contributed by atoms with E-state index in [9.17, 15) is 0 Å². The molecule has 0 saturated carbocycles. The number of nitrogens with zero attached hydrogens (tertiary/aromatic N) is 3. The van der Waals surface area contributed by atoms with Crippen LogP contribution in [0.15, 0.2) is 33.9 Å². The molecule has 0 aliphatic carbocycles. The van der Waals surface area contributed by atoms with Crippen molar-refractivity contribution in [3.63, 3.8) is 0 Å². The van der Waals surface area contributed by atoms with E-state index in [1.807, 2.05) is 11.5 Å². The Bertz CT molecular complexity index is 699. The molecule has 108 valence electrons. The van der Waals surface area contributed by atoms with Gasteiger partial charge in [-0.3, -0.25) is 10.7 Å². The number of anilines is 1. The molecule has 0 aliphatic heterocycles. The summed E-state index contributed by atoms with van der Waals surface area (Å²) in [5, 5.41) is 16.1. The van der Waals surface area contributed by atoms with Gasteiger partial charge >= 0.3 is 0 Å². The number of ether oxygens (including phenoxy) is 1. The highest BCUT2D eigenvalue weighted by atomic mass is 16.6. The van der Waals surface area contributed by atoms with Crippen molar-refractivity contribution in [2.24, 2.45) is 4.99 Å². The van der Waals surface area contributed by atoms with Crippen LogP contribution in [0.2, 0.25) is 0 Å². The zero-order chi connectivity index (χ0) is 15.1. The minimum atomic E-state index is 0.0198. The Morgan fingerprint density at radius 2 is 2.38 bits per heavy atom. The van der Waals surface area contributed by atoms with Crippen LogP contribution in [0.5, 0.6) is 0 Å². The number of benzene rings is 1. The van der Waals surface area contributed by atoms with Crippen molar-refractivity contribution in [3.05, 3.63) is 35.5 Å².